The highest BCUT2D eigenvalue weighted by atomic mass is 16.5. The van der Waals surface area contributed by atoms with Gasteiger partial charge in [0.05, 0.1) is 13.2 Å². The molecule has 0 saturated carbocycles. The lowest BCUT2D eigenvalue weighted by Gasteiger charge is -2.20. The molecule has 5 heteroatoms. The van der Waals surface area contributed by atoms with Gasteiger partial charge in [-0.25, -0.2) is 4.98 Å². The van der Waals surface area contributed by atoms with Crippen molar-refractivity contribution in [3.05, 3.63) is 17.7 Å². The zero-order chi connectivity index (χ0) is 13.7. The predicted molar refractivity (Wildman–Crippen MR) is 76.1 cm³/mol. The van der Waals surface area contributed by atoms with Crippen molar-refractivity contribution in [2.24, 2.45) is 5.92 Å². The van der Waals surface area contributed by atoms with E-state index in [4.69, 9.17) is 4.74 Å². The lowest BCUT2D eigenvalue weighted by Crippen LogP contribution is -2.29. The summed E-state index contributed by atoms with van der Waals surface area (Å²) in [7, 11) is 3.95. The molecule has 1 aliphatic heterocycles. The van der Waals surface area contributed by atoms with Crippen molar-refractivity contribution in [2.75, 3.05) is 46.9 Å². The van der Waals surface area contributed by atoms with E-state index in [1.807, 2.05) is 13.1 Å². The van der Waals surface area contributed by atoms with E-state index in [1.165, 1.54) is 19.5 Å². The second-order valence-electron chi connectivity index (χ2n) is 5.66. The minimum Gasteiger partial charge on any atom is -0.383 e. The van der Waals surface area contributed by atoms with Crippen molar-refractivity contribution in [1.29, 1.82) is 0 Å². The number of aromatic nitrogens is 2. The van der Waals surface area contributed by atoms with Crippen LogP contribution in [0.4, 0.5) is 0 Å². The Morgan fingerprint density at radius 1 is 1.58 bits per heavy atom. The van der Waals surface area contributed by atoms with Gasteiger partial charge in [0.25, 0.3) is 0 Å². The van der Waals surface area contributed by atoms with Gasteiger partial charge >= 0.3 is 0 Å². The van der Waals surface area contributed by atoms with Gasteiger partial charge in [0.1, 0.15) is 5.82 Å². The zero-order valence-corrected chi connectivity index (χ0v) is 12.4. The number of hydrogen-bond acceptors (Lipinski definition) is 4. The molecule has 1 saturated heterocycles. The molecule has 2 heterocycles. The summed E-state index contributed by atoms with van der Waals surface area (Å²) in [5.74, 6) is 1.84. The molecule has 0 amide bonds. The number of nitrogens with one attached hydrogen (secondary N) is 1. The highest BCUT2D eigenvalue weighted by Crippen LogP contribution is 2.17. The van der Waals surface area contributed by atoms with Gasteiger partial charge in [-0.15, -0.1) is 0 Å². The Labute approximate surface area is 116 Å². The molecule has 19 heavy (non-hydrogen) atoms. The van der Waals surface area contributed by atoms with Gasteiger partial charge in [0, 0.05) is 38.6 Å². The molecule has 1 N–H and O–H groups in total. The molecule has 1 aromatic rings. The first-order valence-electron chi connectivity index (χ1n) is 7.07. The number of hydrogen-bond donors (Lipinski definition) is 1. The van der Waals surface area contributed by atoms with Crippen LogP contribution in [0.25, 0.3) is 0 Å². The number of ether oxygens (including phenoxy) is 1. The molecule has 0 aromatic carbocycles. The molecular weight excluding hydrogens is 240 g/mol. The number of aromatic amines is 1. The highest BCUT2D eigenvalue weighted by Gasteiger charge is 2.23. The average molecular weight is 266 g/mol. The molecule has 0 aliphatic carbocycles. The van der Waals surface area contributed by atoms with Gasteiger partial charge < -0.3 is 14.6 Å². The van der Waals surface area contributed by atoms with E-state index in [9.17, 15) is 0 Å². The summed E-state index contributed by atoms with van der Waals surface area (Å²) < 4.78 is 5.14. The van der Waals surface area contributed by atoms with Gasteiger partial charge in [0.2, 0.25) is 0 Å². The molecule has 0 unspecified atom stereocenters. The molecule has 5 nitrogen and oxygen atoms in total. The third-order valence-electron chi connectivity index (χ3n) is 3.73. The molecule has 0 spiro atoms. The lowest BCUT2D eigenvalue weighted by atomic mass is 10.1. The number of likely N-dealkylation sites (tertiary alicyclic amines) is 1. The SMILES string of the molecule is COCCN1CC[C@H](CN(C)Cc2ncc(C)[nH]2)C1. The predicted octanol–water partition coefficient (Wildman–Crippen LogP) is 1.12. The van der Waals surface area contributed by atoms with Crippen LogP contribution in [0.5, 0.6) is 0 Å². The summed E-state index contributed by atoms with van der Waals surface area (Å²) in [5.41, 5.74) is 1.13. The topological polar surface area (TPSA) is 44.4 Å². The Kier molecular flexibility index (Phi) is 5.36. The third kappa shape index (κ3) is 4.60. The van der Waals surface area contributed by atoms with E-state index in [2.05, 4.69) is 26.8 Å². The minimum absolute atomic E-state index is 0.776. The smallest absolute Gasteiger partial charge is 0.120 e. The maximum atomic E-state index is 5.14. The van der Waals surface area contributed by atoms with Crippen LogP contribution < -0.4 is 0 Å². The van der Waals surface area contributed by atoms with Crippen molar-refractivity contribution < 1.29 is 4.74 Å². The van der Waals surface area contributed by atoms with Crippen LogP contribution in [0.3, 0.4) is 0 Å². The van der Waals surface area contributed by atoms with Crippen LogP contribution in [0.2, 0.25) is 0 Å². The largest absolute Gasteiger partial charge is 0.383 e. The van der Waals surface area contributed by atoms with Gasteiger partial charge in [-0.1, -0.05) is 0 Å². The quantitative estimate of drug-likeness (QED) is 0.803. The van der Waals surface area contributed by atoms with E-state index in [0.717, 1.165) is 43.7 Å². The molecule has 2 rings (SSSR count). The fourth-order valence-electron chi connectivity index (χ4n) is 2.79. The Morgan fingerprint density at radius 2 is 2.42 bits per heavy atom. The molecule has 0 radical (unpaired) electrons. The number of imidazole rings is 1. The number of rotatable bonds is 7. The second-order valence-corrected chi connectivity index (χ2v) is 5.66. The van der Waals surface area contributed by atoms with E-state index >= 15 is 0 Å². The maximum absolute atomic E-state index is 5.14. The van der Waals surface area contributed by atoms with E-state index in [-0.39, 0.29) is 0 Å². The summed E-state index contributed by atoms with van der Waals surface area (Å²) in [4.78, 5) is 12.5. The van der Waals surface area contributed by atoms with Crippen molar-refractivity contribution in [3.63, 3.8) is 0 Å². The highest BCUT2D eigenvalue weighted by molar-refractivity contribution is 4.98. The van der Waals surface area contributed by atoms with Crippen LogP contribution in [-0.2, 0) is 11.3 Å². The Balaban J connectivity index is 1.70. The molecule has 0 bridgehead atoms. The zero-order valence-electron chi connectivity index (χ0n) is 12.4. The van der Waals surface area contributed by atoms with Crippen LogP contribution in [0, 0.1) is 12.8 Å². The summed E-state index contributed by atoms with van der Waals surface area (Å²) in [6, 6.07) is 0. The van der Waals surface area contributed by atoms with Crippen molar-refractivity contribution in [3.8, 4) is 0 Å². The molecule has 1 atom stereocenters. The van der Waals surface area contributed by atoms with Crippen LogP contribution in [-0.4, -0.2) is 66.7 Å². The molecule has 1 aliphatic rings. The second kappa shape index (κ2) is 7.03. The van der Waals surface area contributed by atoms with Crippen molar-refractivity contribution >= 4 is 0 Å². The number of aryl methyl sites for hydroxylation is 1. The van der Waals surface area contributed by atoms with Crippen LogP contribution in [0.1, 0.15) is 17.9 Å². The molecule has 1 aromatic heterocycles. The minimum atomic E-state index is 0.776. The first-order valence-corrected chi connectivity index (χ1v) is 7.07. The lowest BCUT2D eigenvalue weighted by molar-refractivity contribution is 0.157. The Bertz CT molecular complexity index is 379. The maximum Gasteiger partial charge on any atom is 0.120 e. The number of H-pyrrole nitrogens is 1. The average Bonchev–Trinajstić information content (AvgIpc) is 2.96. The van der Waals surface area contributed by atoms with E-state index < -0.39 is 0 Å². The standard InChI is InChI=1S/C14H26N4O/c1-12-8-15-14(16-12)11-17(2)9-13-4-5-18(10-13)6-7-19-3/h8,13H,4-7,9-11H2,1-3H3,(H,15,16)/t13-/m1/s1. The van der Waals surface area contributed by atoms with Gasteiger partial charge in [-0.3, -0.25) is 4.90 Å². The first kappa shape index (κ1) is 14.5. The van der Waals surface area contributed by atoms with Crippen molar-refractivity contribution in [1.82, 2.24) is 19.8 Å². The first-order chi connectivity index (χ1) is 9.17. The monoisotopic (exact) mass is 266 g/mol. The van der Waals surface area contributed by atoms with Crippen molar-refractivity contribution in [2.45, 2.75) is 19.9 Å². The van der Waals surface area contributed by atoms with Crippen LogP contribution >= 0.6 is 0 Å². The number of methoxy groups -OCH3 is 1. The molecule has 1 fully saturated rings. The van der Waals surface area contributed by atoms with E-state index in [0.29, 0.717) is 0 Å². The summed E-state index contributed by atoms with van der Waals surface area (Å²) in [6.45, 7) is 8.40. The Morgan fingerprint density at radius 3 is 3.11 bits per heavy atom. The normalized spacial score (nSPS) is 20.5. The Hall–Kier alpha value is -0.910. The van der Waals surface area contributed by atoms with Crippen LogP contribution in [0.15, 0.2) is 6.20 Å². The van der Waals surface area contributed by atoms with E-state index in [1.54, 1.807) is 7.11 Å². The van der Waals surface area contributed by atoms with Gasteiger partial charge in [0.15, 0.2) is 0 Å². The molecule has 108 valence electrons. The van der Waals surface area contributed by atoms with Gasteiger partial charge in [-0.2, -0.15) is 0 Å². The van der Waals surface area contributed by atoms with Gasteiger partial charge in [-0.05, 0) is 32.9 Å². The number of nitrogens with zero attached hydrogens (tertiary/aromatic N) is 3. The summed E-state index contributed by atoms with van der Waals surface area (Å²) >= 11 is 0. The molecular formula is C14H26N4O. The fourth-order valence-corrected chi connectivity index (χ4v) is 2.79. The summed E-state index contributed by atoms with van der Waals surface area (Å²) in [5, 5.41) is 0. The summed E-state index contributed by atoms with van der Waals surface area (Å²) in [6.07, 6.45) is 3.19. The third-order valence-corrected chi connectivity index (χ3v) is 3.73. The fraction of sp³-hybridized carbons (Fsp3) is 0.786.